The van der Waals surface area contributed by atoms with Gasteiger partial charge in [0, 0.05) is 88.8 Å². The van der Waals surface area contributed by atoms with Gasteiger partial charge in [0.05, 0.1) is 24.9 Å². The van der Waals surface area contributed by atoms with Gasteiger partial charge >= 0.3 is 17.9 Å². The summed E-state index contributed by atoms with van der Waals surface area (Å²) in [4.78, 5) is 52.7. The van der Waals surface area contributed by atoms with E-state index in [2.05, 4.69) is 159 Å². The highest BCUT2D eigenvalue weighted by Gasteiger charge is 2.51. The molecule has 4 aliphatic rings. The van der Waals surface area contributed by atoms with Crippen LogP contribution in [0, 0.1) is 11.8 Å². The van der Waals surface area contributed by atoms with Crippen molar-refractivity contribution in [1.82, 2.24) is 19.6 Å². The minimum Gasteiger partial charge on any atom is -0.462 e. The third-order valence-electron chi connectivity index (χ3n) is 16.3. The third kappa shape index (κ3) is 11.5. The molecule has 0 aromatic carbocycles. The molecular formula is C48H88N4O8. The second kappa shape index (κ2) is 17.3. The van der Waals surface area contributed by atoms with Gasteiger partial charge in [-0.2, -0.15) is 0 Å². The number of piperidine rings is 4. The highest BCUT2D eigenvalue weighted by atomic mass is 16.6. The molecule has 348 valence electrons. The number of likely N-dealkylation sites (tertiary alicyclic amines) is 4. The normalized spacial score (nSPS) is 28.9. The Morgan fingerprint density at radius 3 is 1.00 bits per heavy atom. The molecule has 4 saturated heterocycles. The quantitative estimate of drug-likeness (QED) is 0.119. The number of ether oxygens (including phenoxy) is 4. The van der Waals surface area contributed by atoms with Crippen LogP contribution >= 0.6 is 0 Å². The Labute approximate surface area is 365 Å². The Kier molecular flexibility index (Phi) is 14.6. The van der Waals surface area contributed by atoms with Gasteiger partial charge < -0.3 is 24.1 Å². The molecule has 3 unspecified atom stereocenters. The van der Waals surface area contributed by atoms with Crippen molar-refractivity contribution >= 4 is 17.9 Å². The zero-order valence-electron chi connectivity index (χ0n) is 41.7. The summed E-state index contributed by atoms with van der Waals surface area (Å²) in [5.41, 5.74) is -1.98. The van der Waals surface area contributed by atoms with Crippen LogP contribution < -0.4 is 0 Å². The first-order valence-electron chi connectivity index (χ1n) is 22.8. The van der Waals surface area contributed by atoms with Gasteiger partial charge in [-0.15, -0.1) is 0 Å². The van der Waals surface area contributed by atoms with Crippen LogP contribution in [-0.4, -0.2) is 146 Å². The minimum absolute atomic E-state index is 0.231. The van der Waals surface area contributed by atoms with E-state index in [4.69, 9.17) is 18.9 Å². The van der Waals surface area contributed by atoms with Crippen LogP contribution in [0.4, 0.5) is 0 Å². The first-order valence-corrected chi connectivity index (χ1v) is 22.8. The molecule has 3 atom stereocenters. The fraction of sp³-hybridized carbons (Fsp3) is 0.938. The number of hydrogen-bond acceptors (Lipinski definition) is 12. The first-order chi connectivity index (χ1) is 26.9. The smallest absolute Gasteiger partial charge is 0.310 e. The lowest BCUT2D eigenvalue weighted by atomic mass is 9.78. The molecule has 0 amide bonds. The molecule has 0 spiro atoms. The van der Waals surface area contributed by atoms with Crippen LogP contribution in [-0.2, 0) is 33.3 Å². The predicted molar refractivity (Wildman–Crippen MR) is 237 cm³/mol. The van der Waals surface area contributed by atoms with Crippen molar-refractivity contribution in [3.05, 3.63) is 0 Å². The van der Waals surface area contributed by atoms with Gasteiger partial charge in [0.25, 0.3) is 0 Å². The number of rotatable bonds is 12. The number of hydrogen-bond donors (Lipinski definition) is 1. The Bertz CT molecular complexity index is 1480. The topological polar surface area (TPSA) is 121 Å². The van der Waals surface area contributed by atoms with E-state index in [-0.39, 0.29) is 75.5 Å². The van der Waals surface area contributed by atoms with Crippen molar-refractivity contribution in [3.63, 3.8) is 0 Å². The van der Waals surface area contributed by atoms with E-state index in [0.717, 1.165) is 0 Å². The molecule has 4 fully saturated rings. The lowest BCUT2D eigenvalue weighted by molar-refractivity contribution is -0.216. The van der Waals surface area contributed by atoms with E-state index >= 15 is 0 Å². The van der Waals surface area contributed by atoms with Crippen molar-refractivity contribution in [3.8, 4) is 0 Å². The SMILES string of the molecule is CN1C(C)(C)CC(OC(=O)CC(C(=O)OC2CC(C)(C)N(C)C(C)(C)C2)C(CC(=O)OC2CC(C)(C)N(C)C(C)(C)C2)C(O)OC2CC(C)(C)N(C)C(C)(C)C2)CC1(C)C. The van der Waals surface area contributed by atoms with E-state index in [1.165, 1.54) is 0 Å². The van der Waals surface area contributed by atoms with Gasteiger partial charge in [-0.25, -0.2) is 0 Å². The molecule has 4 aliphatic heterocycles. The van der Waals surface area contributed by atoms with Crippen molar-refractivity contribution in [1.29, 1.82) is 0 Å². The average Bonchev–Trinajstić information content (AvgIpc) is 3.04. The van der Waals surface area contributed by atoms with Gasteiger partial charge in [-0.1, -0.05) is 0 Å². The van der Waals surface area contributed by atoms with E-state index in [1.807, 2.05) is 0 Å². The van der Waals surface area contributed by atoms with Gasteiger partial charge in [-0.05, 0) is 152 Å². The van der Waals surface area contributed by atoms with Crippen molar-refractivity contribution in [2.24, 2.45) is 11.8 Å². The summed E-state index contributed by atoms with van der Waals surface area (Å²) in [6, 6.07) is 0. The highest BCUT2D eigenvalue weighted by Crippen LogP contribution is 2.44. The summed E-state index contributed by atoms with van der Waals surface area (Å²) in [6.07, 6.45) is 1.08. The maximum atomic E-state index is 14.9. The summed E-state index contributed by atoms with van der Waals surface area (Å²) < 4.78 is 25.6. The van der Waals surface area contributed by atoms with Crippen LogP contribution in [0.2, 0.25) is 0 Å². The summed E-state index contributed by atoms with van der Waals surface area (Å²) in [6.45, 7) is 34.4. The maximum Gasteiger partial charge on any atom is 0.310 e. The maximum absolute atomic E-state index is 14.9. The van der Waals surface area contributed by atoms with Gasteiger partial charge in [0.1, 0.15) is 18.3 Å². The Morgan fingerprint density at radius 2 is 0.700 bits per heavy atom. The zero-order valence-corrected chi connectivity index (χ0v) is 41.7. The summed E-state index contributed by atoms with van der Waals surface area (Å²) in [5.74, 6) is -4.13. The van der Waals surface area contributed by atoms with Crippen molar-refractivity contribution < 1.29 is 38.4 Å². The van der Waals surface area contributed by atoms with E-state index in [0.29, 0.717) is 51.4 Å². The second-order valence-electron chi connectivity index (χ2n) is 24.5. The molecule has 1 N–H and O–H groups in total. The average molecular weight is 849 g/mol. The number of carbonyl (C=O) groups excluding carboxylic acids is 3. The first kappa shape index (κ1) is 50.8. The Hall–Kier alpha value is -1.83. The highest BCUT2D eigenvalue weighted by molar-refractivity contribution is 5.81. The van der Waals surface area contributed by atoms with Crippen LogP contribution in [0.1, 0.15) is 175 Å². The largest absolute Gasteiger partial charge is 0.462 e. The zero-order chi connectivity index (χ0) is 46.0. The minimum atomic E-state index is -1.57. The van der Waals surface area contributed by atoms with Gasteiger partial charge in [-0.3, -0.25) is 34.0 Å². The second-order valence-corrected chi connectivity index (χ2v) is 24.5. The standard InChI is InChI=1S/C48H88N4O8/c1-41(2)23-31(24-42(3,4)49(41)17)57-37(53)21-35(39(55)59-33-27-45(9,10)51(19)46(11,12)28-33)36(40(56)60-34-29-47(13,14)52(20)48(15,16)30-34)22-38(54)58-32-25-43(5,6)50(18)44(7,8)26-32/h31-36,39,55H,21-30H2,1-20H3. The number of nitrogens with zero attached hydrogens (tertiary/aromatic N) is 4. The monoisotopic (exact) mass is 849 g/mol. The molecule has 12 nitrogen and oxygen atoms in total. The van der Waals surface area contributed by atoms with Gasteiger partial charge in [0.15, 0.2) is 6.29 Å². The Morgan fingerprint density at radius 1 is 0.450 bits per heavy atom. The number of carbonyl (C=O) groups is 3. The Balaban J connectivity index is 1.72. The van der Waals surface area contributed by atoms with Crippen LogP contribution in [0.25, 0.3) is 0 Å². The third-order valence-corrected chi connectivity index (χ3v) is 16.3. The molecule has 12 heteroatoms. The van der Waals surface area contributed by atoms with Crippen LogP contribution in [0.3, 0.4) is 0 Å². The molecule has 60 heavy (non-hydrogen) atoms. The van der Waals surface area contributed by atoms with E-state index in [9.17, 15) is 19.5 Å². The molecule has 4 heterocycles. The molecule has 4 rings (SSSR count). The van der Waals surface area contributed by atoms with Crippen LogP contribution in [0.5, 0.6) is 0 Å². The van der Waals surface area contributed by atoms with Crippen LogP contribution in [0.15, 0.2) is 0 Å². The molecular weight excluding hydrogens is 761 g/mol. The molecule has 0 saturated carbocycles. The molecule has 0 aliphatic carbocycles. The number of aliphatic hydroxyl groups is 1. The van der Waals surface area contributed by atoms with Crippen molar-refractivity contribution in [2.45, 2.75) is 250 Å². The molecule has 0 aromatic rings. The lowest BCUT2D eigenvalue weighted by Crippen LogP contribution is -2.61. The molecule has 0 bridgehead atoms. The van der Waals surface area contributed by atoms with Gasteiger partial charge in [0.2, 0.25) is 0 Å². The fourth-order valence-corrected chi connectivity index (χ4v) is 11.7. The summed E-state index contributed by atoms with van der Waals surface area (Å²) in [5, 5.41) is 12.3. The molecule has 0 aromatic heterocycles. The number of aliphatic hydroxyl groups excluding tert-OH is 1. The summed E-state index contributed by atoms with van der Waals surface area (Å²) in [7, 11) is 8.40. The molecule has 0 radical (unpaired) electrons. The number of esters is 3. The fourth-order valence-electron chi connectivity index (χ4n) is 11.7. The lowest BCUT2D eigenvalue weighted by Gasteiger charge is -2.54. The van der Waals surface area contributed by atoms with E-state index < -0.39 is 42.1 Å². The summed E-state index contributed by atoms with van der Waals surface area (Å²) >= 11 is 0. The van der Waals surface area contributed by atoms with E-state index in [1.54, 1.807) is 0 Å². The predicted octanol–water partition coefficient (Wildman–Crippen LogP) is 7.57. The van der Waals surface area contributed by atoms with Crippen molar-refractivity contribution in [2.75, 3.05) is 28.2 Å².